The number of hydrogen-bond acceptors (Lipinski definition) is 6. The third kappa shape index (κ3) is 3.28. The van der Waals surface area contributed by atoms with Gasteiger partial charge in [0.1, 0.15) is 12.9 Å². The zero-order valence-corrected chi connectivity index (χ0v) is 18.0. The molecule has 3 heterocycles. The van der Waals surface area contributed by atoms with E-state index in [4.69, 9.17) is 23.7 Å². The maximum Gasteiger partial charge on any atom is 0.147 e. The minimum absolute atomic E-state index is 0.0206. The molecule has 0 aromatic heterocycles. The molecule has 5 rings (SSSR count). The summed E-state index contributed by atoms with van der Waals surface area (Å²) in [6.45, 7) is 2.98. The highest BCUT2D eigenvalue weighted by molar-refractivity contribution is 5.03. The molecule has 2 saturated carbocycles. The minimum Gasteiger partial charge on any atom is -0.396 e. The Morgan fingerprint density at radius 1 is 0.966 bits per heavy atom. The van der Waals surface area contributed by atoms with Crippen molar-refractivity contribution >= 4 is 0 Å². The fraction of sp³-hybridized carbons (Fsp3) is 1.00. The number of aliphatic hydroxyl groups excluding tert-OH is 1. The summed E-state index contributed by atoms with van der Waals surface area (Å²) in [5, 5.41) is 10.3. The molecule has 0 aromatic rings. The summed E-state index contributed by atoms with van der Waals surface area (Å²) in [4.78, 5) is 1.73. The van der Waals surface area contributed by atoms with Crippen LogP contribution in [0.3, 0.4) is 0 Å². The Balaban J connectivity index is 1.41. The summed E-state index contributed by atoms with van der Waals surface area (Å²) in [7, 11) is 5.38. The van der Waals surface area contributed by atoms with Gasteiger partial charge in [0.2, 0.25) is 0 Å². The average Bonchev–Trinajstić information content (AvgIpc) is 3.22. The first-order valence-electron chi connectivity index (χ1n) is 11.5. The highest BCUT2D eigenvalue weighted by Crippen LogP contribution is 2.47. The van der Waals surface area contributed by atoms with E-state index in [-0.39, 0.29) is 43.0 Å². The highest BCUT2D eigenvalue weighted by atomic mass is 16.7. The van der Waals surface area contributed by atoms with Gasteiger partial charge in [-0.15, -0.1) is 0 Å². The van der Waals surface area contributed by atoms with Crippen molar-refractivity contribution < 1.29 is 33.7 Å². The Morgan fingerprint density at radius 2 is 1.79 bits per heavy atom. The molecule has 7 heteroatoms. The summed E-state index contributed by atoms with van der Waals surface area (Å²) < 4.78 is 29.5. The van der Waals surface area contributed by atoms with Crippen molar-refractivity contribution in [2.45, 2.75) is 62.2 Å². The minimum atomic E-state index is -0.0206. The molecule has 3 saturated heterocycles. The van der Waals surface area contributed by atoms with Crippen molar-refractivity contribution in [1.29, 1.82) is 0 Å². The van der Waals surface area contributed by atoms with Crippen LogP contribution < -0.4 is 4.90 Å². The molecule has 0 bridgehead atoms. The number of aliphatic hydroxyl groups is 1. The van der Waals surface area contributed by atoms with Gasteiger partial charge in [-0.2, -0.15) is 0 Å². The van der Waals surface area contributed by atoms with Crippen LogP contribution in [0.15, 0.2) is 0 Å². The number of piperidine rings is 2. The normalized spacial score (nSPS) is 54.2. The zero-order chi connectivity index (χ0) is 20.1. The first-order chi connectivity index (χ1) is 14.2. The lowest BCUT2D eigenvalue weighted by Gasteiger charge is -2.57. The van der Waals surface area contributed by atoms with Crippen molar-refractivity contribution in [3.8, 4) is 0 Å². The number of quaternary nitrogens is 1. The Hall–Kier alpha value is -0.280. The molecule has 29 heavy (non-hydrogen) atoms. The molecule has 166 valence electrons. The van der Waals surface area contributed by atoms with Crippen LogP contribution >= 0.6 is 0 Å². The first kappa shape index (κ1) is 20.6. The quantitative estimate of drug-likeness (QED) is 0.662. The second-order valence-corrected chi connectivity index (χ2v) is 9.95. The standard InChI is InChI=1S/C22H37NO6/c1-25-17-7-13-9-23-5-4-12-6-18-21(29-11-28-18)22(27-3)19(12)16(23)8-14(13)15(10-24)20(17)26-2/h12-22,24H,4-11H2,1-3H3/p+1. The molecule has 7 nitrogen and oxygen atoms in total. The van der Waals surface area contributed by atoms with Crippen LogP contribution in [0.25, 0.3) is 0 Å². The van der Waals surface area contributed by atoms with E-state index in [9.17, 15) is 5.11 Å². The van der Waals surface area contributed by atoms with Crippen molar-refractivity contribution in [2.75, 3.05) is 47.8 Å². The largest absolute Gasteiger partial charge is 0.396 e. The van der Waals surface area contributed by atoms with Gasteiger partial charge in [0.05, 0.1) is 43.5 Å². The Kier molecular flexibility index (Phi) is 5.93. The lowest BCUT2D eigenvalue weighted by Crippen LogP contribution is -3.20. The van der Waals surface area contributed by atoms with Crippen molar-refractivity contribution in [3.05, 3.63) is 0 Å². The van der Waals surface area contributed by atoms with Crippen molar-refractivity contribution in [3.63, 3.8) is 0 Å². The van der Waals surface area contributed by atoms with Gasteiger partial charge in [-0.25, -0.2) is 0 Å². The predicted molar refractivity (Wildman–Crippen MR) is 104 cm³/mol. The summed E-state index contributed by atoms with van der Waals surface area (Å²) in [5.41, 5.74) is 0. The molecule has 12 atom stereocenters. The maximum atomic E-state index is 10.3. The molecule has 3 aliphatic heterocycles. The number of ether oxygens (including phenoxy) is 5. The van der Waals surface area contributed by atoms with Gasteiger partial charge < -0.3 is 33.7 Å². The summed E-state index contributed by atoms with van der Waals surface area (Å²) in [6.07, 6.45) is 4.96. The van der Waals surface area contributed by atoms with Crippen LogP contribution in [0, 0.1) is 29.6 Å². The van der Waals surface area contributed by atoms with E-state index in [2.05, 4.69) is 0 Å². The Bertz CT molecular complexity index is 578. The van der Waals surface area contributed by atoms with Crippen LogP contribution in [-0.2, 0) is 23.7 Å². The summed E-state index contributed by atoms with van der Waals surface area (Å²) in [5.74, 6) is 2.38. The smallest absolute Gasteiger partial charge is 0.147 e. The molecule has 0 amide bonds. The number of methoxy groups -OCH3 is 3. The predicted octanol–water partition coefficient (Wildman–Crippen LogP) is -0.285. The zero-order valence-electron chi connectivity index (χ0n) is 18.0. The van der Waals surface area contributed by atoms with Gasteiger partial charge >= 0.3 is 0 Å². The summed E-state index contributed by atoms with van der Waals surface area (Å²) in [6, 6.07) is 0.566. The molecule has 0 spiro atoms. The third-order valence-corrected chi connectivity index (χ3v) is 9.10. The highest BCUT2D eigenvalue weighted by Gasteiger charge is 2.59. The molecular formula is C22H38NO6+. The van der Waals surface area contributed by atoms with E-state index in [0.29, 0.717) is 36.5 Å². The number of hydrogen-bond donors (Lipinski definition) is 2. The molecular weight excluding hydrogens is 374 g/mol. The van der Waals surface area contributed by atoms with Gasteiger partial charge in [0.25, 0.3) is 0 Å². The fourth-order valence-electron chi connectivity index (χ4n) is 7.93. The lowest BCUT2D eigenvalue weighted by molar-refractivity contribution is -0.948. The second kappa shape index (κ2) is 8.34. The maximum absolute atomic E-state index is 10.3. The Morgan fingerprint density at radius 3 is 2.52 bits per heavy atom. The van der Waals surface area contributed by atoms with E-state index in [0.717, 1.165) is 19.3 Å². The van der Waals surface area contributed by atoms with Gasteiger partial charge in [0.15, 0.2) is 0 Å². The van der Waals surface area contributed by atoms with Crippen LogP contribution in [-0.4, -0.2) is 89.5 Å². The Labute approximate surface area is 173 Å². The monoisotopic (exact) mass is 412 g/mol. The number of rotatable bonds is 4. The molecule has 5 fully saturated rings. The van der Waals surface area contributed by atoms with Crippen LogP contribution in [0.2, 0.25) is 0 Å². The number of nitrogens with one attached hydrogen (secondary N) is 1. The van der Waals surface area contributed by atoms with E-state index in [1.54, 1.807) is 19.1 Å². The molecule has 2 N–H and O–H groups in total. The molecule has 5 aliphatic rings. The molecule has 12 unspecified atom stereocenters. The first-order valence-corrected chi connectivity index (χ1v) is 11.5. The lowest BCUT2D eigenvalue weighted by atomic mass is 9.59. The van der Waals surface area contributed by atoms with Crippen molar-refractivity contribution in [1.82, 2.24) is 0 Å². The van der Waals surface area contributed by atoms with Gasteiger partial charge in [-0.1, -0.05) is 0 Å². The summed E-state index contributed by atoms with van der Waals surface area (Å²) >= 11 is 0. The van der Waals surface area contributed by atoms with Crippen LogP contribution in [0.4, 0.5) is 0 Å². The van der Waals surface area contributed by atoms with Gasteiger partial charge in [-0.3, -0.25) is 0 Å². The molecule has 0 aromatic carbocycles. The fourth-order valence-corrected chi connectivity index (χ4v) is 7.93. The van der Waals surface area contributed by atoms with E-state index in [1.165, 1.54) is 19.5 Å². The topological polar surface area (TPSA) is 70.8 Å². The third-order valence-electron chi connectivity index (χ3n) is 9.10. The second-order valence-electron chi connectivity index (χ2n) is 9.95. The van der Waals surface area contributed by atoms with Gasteiger partial charge in [-0.05, 0) is 24.7 Å². The average molecular weight is 413 g/mol. The van der Waals surface area contributed by atoms with Crippen LogP contribution in [0.1, 0.15) is 25.7 Å². The van der Waals surface area contributed by atoms with E-state index in [1.807, 2.05) is 7.11 Å². The molecule has 2 aliphatic carbocycles. The number of fused-ring (bicyclic) bond motifs is 5. The van der Waals surface area contributed by atoms with E-state index < -0.39 is 0 Å². The van der Waals surface area contributed by atoms with Crippen molar-refractivity contribution in [2.24, 2.45) is 29.6 Å². The van der Waals surface area contributed by atoms with E-state index >= 15 is 0 Å². The van der Waals surface area contributed by atoms with Gasteiger partial charge in [0, 0.05) is 58.5 Å². The molecule has 0 radical (unpaired) electrons. The van der Waals surface area contributed by atoms with Crippen LogP contribution in [0.5, 0.6) is 0 Å². The SMILES string of the molecule is COC1CC2C[NH+]3CCC4CC5OCOC5C(OC)C4C3CC2C(CO)C1OC.